The first-order valence-corrected chi connectivity index (χ1v) is 16.7. The van der Waals surface area contributed by atoms with Gasteiger partial charge in [-0.2, -0.15) is 0 Å². The van der Waals surface area contributed by atoms with E-state index in [0.29, 0.717) is 0 Å². The van der Waals surface area contributed by atoms with Crippen molar-refractivity contribution in [2.45, 2.75) is 19.3 Å². The van der Waals surface area contributed by atoms with E-state index in [2.05, 4.69) is 159 Å². The Morgan fingerprint density at radius 3 is 1.62 bits per heavy atom. The van der Waals surface area contributed by atoms with E-state index in [1.807, 2.05) is 0 Å². The number of rotatable bonds is 1. The highest BCUT2D eigenvalue weighted by molar-refractivity contribution is 6.23. The molecule has 0 fully saturated rings. The summed E-state index contributed by atoms with van der Waals surface area (Å²) in [5, 5.41) is 5.36. The van der Waals surface area contributed by atoms with Crippen LogP contribution in [0.3, 0.4) is 0 Å². The molecule has 3 aliphatic carbocycles. The van der Waals surface area contributed by atoms with Gasteiger partial charge >= 0.3 is 0 Å². The third-order valence-corrected chi connectivity index (χ3v) is 11.5. The fourth-order valence-electron chi connectivity index (χ4n) is 9.72. The van der Waals surface area contributed by atoms with Gasteiger partial charge in [0, 0.05) is 0 Å². The van der Waals surface area contributed by atoms with E-state index in [4.69, 9.17) is 0 Å². The van der Waals surface area contributed by atoms with E-state index in [1.54, 1.807) is 0 Å². The number of fused-ring (bicyclic) bond motifs is 15. The lowest BCUT2D eigenvalue weighted by Gasteiger charge is -2.30. The van der Waals surface area contributed by atoms with Crippen LogP contribution in [0.25, 0.3) is 77.2 Å². The van der Waals surface area contributed by atoms with Crippen LogP contribution in [0.4, 0.5) is 0 Å². The van der Waals surface area contributed by atoms with Crippen molar-refractivity contribution in [3.05, 3.63) is 179 Å². The molecule has 0 bridgehead atoms. The molecule has 8 aromatic rings. The van der Waals surface area contributed by atoms with Gasteiger partial charge in [0.1, 0.15) is 0 Å². The molecule has 0 saturated heterocycles. The fourth-order valence-corrected chi connectivity index (χ4v) is 9.72. The third kappa shape index (κ3) is 2.96. The Labute approximate surface area is 274 Å². The van der Waals surface area contributed by atoms with Crippen LogP contribution in [-0.4, -0.2) is 0 Å². The Hall–Kier alpha value is -5.72. The average Bonchev–Trinajstić information content (AvgIpc) is 3.70. The summed E-state index contributed by atoms with van der Waals surface area (Å²) in [7, 11) is 0. The molecule has 0 atom stereocenters. The second-order valence-electron chi connectivity index (χ2n) is 13.7. The molecule has 0 radical (unpaired) electrons. The molecule has 3 aliphatic rings. The van der Waals surface area contributed by atoms with Crippen molar-refractivity contribution in [2.75, 3.05) is 0 Å². The Balaban J connectivity index is 1.28. The van der Waals surface area contributed by atoms with Crippen LogP contribution in [0.15, 0.2) is 146 Å². The number of aryl methyl sites for hydroxylation is 2. The second kappa shape index (κ2) is 8.75. The molecule has 218 valence electrons. The molecule has 0 amide bonds. The van der Waals surface area contributed by atoms with Crippen LogP contribution in [0.5, 0.6) is 0 Å². The van der Waals surface area contributed by atoms with Crippen LogP contribution < -0.4 is 0 Å². The summed E-state index contributed by atoms with van der Waals surface area (Å²) >= 11 is 0. The van der Waals surface area contributed by atoms with Gasteiger partial charge in [0.05, 0.1) is 5.41 Å². The molecule has 0 heterocycles. The molecule has 47 heavy (non-hydrogen) atoms. The van der Waals surface area contributed by atoms with Crippen molar-refractivity contribution >= 4 is 21.5 Å². The molecule has 0 unspecified atom stereocenters. The molecule has 0 N–H and O–H groups in total. The maximum absolute atomic E-state index is 2.58. The average molecular weight is 595 g/mol. The Morgan fingerprint density at radius 2 is 0.894 bits per heavy atom. The summed E-state index contributed by atoms with van der Waals surface area (Å²) in [4.78, 5) is 0. The highest BCUT2D eigenvalue weighted by Crippen LogP contribution is 2.65. The highest BCUT2D eigenvalue weighted by atomic mass is 14.5. The minimum Gasteiger partial charge on any atom is -0.0619 e. The zero-order chi connectivity index (χ0) is 31.0. The summed E-state index contributed by atoms with van der Waals surface area (Å²) in [6.45, 7) is 4.48. The zero-order valence-corrected chi connectivity index (χ0v) is 26.4. The SMILES string of the molecule is Cc1cccc(C)c1-c1cccc2cc3c(cc12)-c1cc2c(c4cccc-3c14)-c1ccccc1C21c2ccccc2-c2ccccc21. The molecular weight excluding hydrogens is 565 g/mol. The summed E-state index contributed by atoms with van der Waals surface area (Å²) in [5.74, 6) is 0. The quantitative estimate of drug-likeness (QED) is 0.177. The van der Waals surface area contributed by atoms with Crippen LogP contribution >= 0.6 is 0 Å². The Morgan fingerprint density at radius 1 is 0.340 bits per heavy atom. The highest BCUT2D eigenvalue weighted by Gasteiger charge is 2.52. The summed E-state index contributed by atoms with van der Waals surface area (Å²) < 4.78 is 0. The topological polar surface area (TPSA) is 0 Å². The molecule has 0 aromatic heterocycles. The van der Waals surface area contributed by atoms with E-state index in [-0.39, 0.29) is 5.41 Å². The van der Waals surface area contributed by atoms with Crippen molar-refractivity contribution in [1.82, 2.24) is 0 Å². The van der Waals surface area contributed by atoms with Crippen LogP contribution in [0.1, 0.15) is 33.4 Å². The third-order valence-electron chi connectivity index (χ3n) is 11.5. The van der Waals surface area contributed by atoms with Gasteiger partial charge in [-0.05, 0) is 143 Å². The monoisotopic (exact) mass is 594 g/mol. The Bertz CT molecular complexity index is 2640. The van der Waals surface area contributed by atoms with Crippen LogP contribution in [0.2, 0.25) is 0 Å². The Kier molecular flexibility index (Phi) is 4.74. The van der Waals surface area contributed by atoms with Crippen LogP contribution in [-0.2, 0) is 5.41 Å². The molecule has 0 saturated carbocycles. The number of benzene rings is 8. The summed E-state index contributed by atoms with van der Waals surface area (Å²) in [6.07, 6.45) is 0. The standard InChI is InChI=1S/C47H30/c1-27-12-9-13-28(2)44(27)32-18-10-14-29-24-37-33-19-11-20-35-45(33)39(38(37)25-36(29)32)26-43-46(35)34-17-5-8-23-42(34)47(43)40-21-6-3-15-30(40)31-16-4-7-22-41(31)47/h3-26H,1-2H3. The van der Waals surface area contributed by atoms with Crippen molar-refractivity contribution in [1.29, 1.82) is 0 Å². The van der Waals surface area contributed by atoms with Crippen molar-refractivity contribution in [3.8, 4) is 55.6 Å². The number of hydrogen-bond donors (Lipinski definition) is 0. The second-order valence-corrected chi connectivity index (χ2v) is 13.7. The van der Waals surface area contributed by atoms with Gasteiger partial charge in [-0.1, -0.05) is 127 Å². The van der Waals surface area contributed by atoms with Gasteiger partial charge in [0.15, 0.2) is 0 Å². The van der Waals surface area contributed by atoms with Gasteiger partial charge in [0.25, 0.3) is 0 Å². The normalized spacial score (nSPS) is 13.9. The van der Waals surface area contributed by atoms with E-state index < -0.39 is 0 Å². The summed E-state index contributed by atoms with van der Waals surface area (Å²) in [5.41, 5.74) is 21.4. The minimum atomic E-state index is -0.358. The van der Waals surface area contributed by atoms with E-state index in [9.17, 15) is 0 Å². The lowest BCUT2D eigenvalue weighted by molar-refractivity contribution is 0.795. The predicted molar refractivity (Wildman–Crippen MR) is 197 cm³/mol. The van der Waals surface area contributed by atoms with Gasteiger partial charge in [0.2, 0.25) is 0 Å². The molecule has 0 nitrogen and oxygen atoms in total. The molecule has 0 heteroatoms. The van der Waals surface area contributed by atoms with Gasteiger partial charge in [-0.25, -0.2) is 0 Å². The van der Waals surface area contributed by atoms with Crippen molar-refractivity contribution < 1.29 is 0 Å². The van der Waals surface area contributed by atoms with E-state index >= 15 is 0 Å². The molecule has 8 aromatic carbocycles. The first kappa shape index (κ1) is 25.5. The predicted octanol–water partition coefficient (Wildman–Crippen LogP) is 12.3. The first-order valence-electron chi connectivity index (χ1n) is 16.7. The van der Waals surface area contributed by atoms with Gasteiger partial charge in [-0.3, -0.25) is 0 Å². The van der Waals surface area contributed by atoms with Gasteiger partial charge < -0.3 is 0 Å². The molecule has 0 aliphatic heterocycles. The minimum absolute atomic E-state index is 0.358. The molecule has 1 spiro atoms. The molecular formula is C47H30. The maximum Gasteiger partial charge on any atom is 0.0725 e. The van der Waals surface area contributed by atoms with Crippen LogP contribution in [0, 0.1) is 13.8 Å². The van der Waals surface area contributed by atoms with Gasteiger partial charge in [-0.15, -0.1) is 0 Å². The lowest BCUT2D eigenvalue weighted by atomic mass is 9.70. The van der Waals surface area contributed by atoms with E-state index in [1.165, 1.54) is 111 Å². The maximum atomic E-state index is 2.58. The fraction of sp³-hybridized carbons (Fsp3) is 0.0638. The first-order chi connectivity index (χ1) is 23.2. The molecule has 11 rings (SSSR count). The van der Waals surface area contributed by atoms with E-state index in [0.717, 1.165) is 0 Å². The number of hydrogen-bond acceptors (Lipinski definition) is 0. The van der Waals surface area contributed by atoms with Crippen molar-refractivity contribution in [2.24, 2.45) is 0 Å². The smallest absolute Gasteiger partial charge is 0.0619 e. The largest absolute Gasteiger partial charge is 0.0725 e. The zero-order valence-electron chi connectivity index (χ0n) is 26.4. The summed E-state index contributed by atoms with van der Waals surface area (Å²) in [6, 6.07) is 55.4. The van der Waals surface area contributed by atoms with Crippen molar-refractivity contribution in [3.63, 3.8) is 0 Å². The lowest BCUT2D eigenvalue weighted by Crippen LogP contribution is -2.25.